The lowest BCUT2D eigenvalue weighted by Gasteiger charge is -1.93. The van der Waals surface area contributed by atoms with Crippen molar-refractivity contribution in [2.24, 2.45) is 7.05 Å². The lowest BCUT2D eigenvalue weighted by atomic mass is 10.4. The first-order valence-electron chi connectivity index (χ1n) is 2.90. The van der Waals surface area contributed by atoms with Crippen molar-refractivity contribution in [2.45, 2.75) is 6.42 Å². The minimum Gasteiger partial charge on any atom is -0.396 e. The number of halogens is 1. The average Bonchev–Trinajstić information content (AvgIpc) is 2.13. The summed E-state index contributed by atoms with van der Waals surface area (Å²) in [6.07, 6.45) is 0.496. The van der Waals surface area contributed by atoms with Gasteiger partial charge in [-0.25, -0.2) is 4.98 Å². The van der Waals surface area contributed by atoms with Crippen LogP contribution in [0, 0.1) is 0 Å². The standard InChI is InChI=1S/C5H8ClN3O/c1-9-4(2-3-10)7-5(6)8-9/h10H,2-3H2,1H3. The summed E-state index contributed by atoms with van der Waals surface area (Å²) in [5, 5.41) is 12.5. The number of aliphatic hydroxyl groups is 1. The molecule has 1 N–H and O–H groups in total. The first kappa shape index (κ1) is 7.50. The zero-order valence-corrected chi connectivity index (χ0v) is 6.34. The van der Waals surface area contributed by atoms with Crippen LogP contribution in [0.25, 0.3) is 0 Å². The first-order chi connectivity index (χ1) is 4.74. The van der Waals surface area contributed by atoms with Gasteiger partial charge >= 0.3 is 0 Å². The van der Waals surface area contributed by atoms with Gasteiger partial charge in [-0.2, -0.15) is 0 Å². The molecular formula is C5H8ClN3O. The molecule has 0 fully saturated rings. The Hall–Kier alpha value is -0.610. The predicted octanol–water partition coefficient (Wildman–Crippen LogP) is 0.00330. The van der Waals surface area contributed by atoms with Gasteiger partial charge in [-0.1, -0.05) is 0 Å². The van der Waals surface area contributed by atoms with Gasteiger partial charge in [0.1, 0.15) is 5.82 Å². The van der Waals surface area contributed by atoms with Crippen LogP contribution in [0.15, 0.2) is 0 Å². The maximum absolute atomic E-state index is 8.53. The van der Waals surface area contributed by atoms with E-state index in [1.54, 1.807) is 11.7 Å². The van der Waals surface area contributed by atoms with Crippen LogP contribution < -0.4 is 0 Å². The van der Waals surface area contributed by atoms with Crippen LogP contribution in [0.3, 0.4) is 0 Å². The Bertz CT molecular complexity index is 223. The highest BCUT2D eigenvalue weighted by molar-refractivity contribution is 6.28. The van der Waals surface area contributed by atoms with Gasteiger partial charge in [0, 0.05) is 13.5 Å². The van der Waals surface area contributed by atoms with Crippen LogP contribution in [0.5, 0.6) is 0 Å². The molecule has 0 radical (unpaired) electrons. The van der Waals surface area contributed by atoms with E-state index >= 15 is 0 Å². The van der Waals surface area contributed by atoms with E-state index in [4.69, 9.17) is 16.7 Å². The molecule has 5 heteroatoms. The Kier molecular flexibility index (Phi) is 2.24. The second-order valence-electron chi connectivity index (χ2n) is 1.89. The molecule has 0 bridgehead atoms. The Labute approximate surface area is 63.5 Å². The van der Waals surface area contributed by atoms with Gasteiger partial charge in [-0.15, -0.1) is 5.10 Å². The van der Waals surface area contributed by atoms with E-state index < -0.39 is 0 Å². The van der Waals surface area contributed by atoms with Crippen molar-refractivity contribution in [1.82, 2.24) is 14.8 Å². The van der Waals surface area contributed by atoms with Crippen molar-refractivity contribution in [2.75, 3.05) is 6.61 Å². The normalized spacial score (nSPS) is 10.3. The lowest BCUT2D eigenvalue weighted by molar-refractivity contribution is 0.294. The largest absolute Gasteiger partial charge is 0.396 e. The van der Waals surface area contributed by atoms with Crippen molar-refractivity contribution < 1.29 is 5.11 Å². The second kappa shape index (κ2) is 2.98. The Morgan fingerprint density at radius 1 is 1.70 bits per heavy atom. The molecule has 1 aromatic heterocycles. The molecule has 10 heavy (non-hydrogen) atoms. The molecule has 0 aliphatic carbocycles. The second-order valence-corrected chi connectivity index (χ2v) is 2.23. The molecule has 0 atom stereocenters. The molecule has 0 amide bonds. The summed E-state index contributed by atoms with van der Waals surface area (Å²) in [4.78, 5) is 3.86. The fourth-order valence-electron chi connectivity index (χ4n) is 0.700. The van der Waals surface area contributed by atoms with Crippen LogP contribution in [0.4, 0.5) is 0 Å². The van der Waals surface area contributed by atoms with Crippen LogP contribution >= 0.6 is 11.6 Å². The van der Waals surface area contributed by atoms with Gasteiger partial charge in [0.2, 0.25) is 5.28 Å². The maximum Gasteiger partial charge on any atom is 0.242 e. The molecule has 1 heterocycles. The minimum absolute atomic E-state index is 0.0723. The number of rotatable bonds is 2. The van der Waals surface area contributed by atoms with E-state index in [0.717, 1.165) is 0 Å². The molecule has 1 aromatic rings. The summed E-state index contributed by atoms with van der Waals surface area (Å²) in [6, 6.07) is 0. The van der Waals surface area contributed by atoms with Crippen LogP contribution in [-0.2, 0) is 13.5 Å². The van der Waals surface area contributed by atoms with Gasteiger partial charge in [0.25, 0.3) is 0 Å². The quantitative estimate of drug-likeness (QED) is 0.665. The van der Waals surface area contributed by atoms with Crippen molar-refractivity contribution in [3.63, 3.8) is 0 Å². The topological polar surface area (TPSA) is 50.9 Å². The van der Waals surface area contributed by atoms with Gasteiger partial charge in [-0.05, 0) is 11.6 Å². The molecule has 0 aliphatic heterocycles. The fourth-order valence-corrected chi connectivity index (χ4v) is 0.911. The summed E-state index contributed by atoms with van der Waals surface area (Å²) in [5.41, 5.74) is 0. The smallest absolute Gasteiger partial charge is 0.242 e. The van der Waals surface area contributed by atoms with Crippen LogP contribution in [-0.4, -0.2) is 26.5 Å². The maximum atomic E-state index is 8.53. The molecule has 0 unspecified atom stereocenters. The lowest BCUT2D eigenvalue weighted by Crippen LogP contribution is -2.01. The molecular weight excluding hydrogens is 154 g/mol. The van der Waals surface area contributed by atoms with E-state index in [1.165, 1.54) is 0 Å². The van der Waals surface area contributed by atoms with Crippen LogP contribution in [0.1, 0.15) is 5.82 Å². The molecule has 4 nitrogen and oxygen atoms in total. The monoisotopic (exact) mass is 161 g/mol. The van der Waals surface area contributed by atoms with E-state index in [9.17, 15) is 0 Å². The first-order valence-corrected chi connectivity index (χ1v) is 3.28. The third kappa shape index (κ3) is 1.46. The molecule has 0 aromatic carbocycles. The van der Waals surface area contributed by atoms with Crippen LogP contribution in [0.2, 0.25) is 5.28 Å². The van der Waals surface area contributed by atoms with E-state index in [0.29, 0.717) is 12.2 Å². The SMILES string of the molecule is Cn1nc(Cl)nc1CCO. The zero-order chi connectivity index (χ0) is 7.56. The summed E-state index contributed by atoms with van der Waals surface area (Å²) in [7, 11) is 1.74. The third-order valence-electron chi connectivity index (χ3n) is 1.16. The number of aromatic nitrogens is 3. The van der Waals surface area contributed by atoms with Crippen molar-refractivity contribution >= 4 is 11.6 Å². The Morgan fingerprint density at radius 2 is 2.40 bits per heavy atom. The fraction of sp³-hybridized carbons (Fsp3) is 0.600. The predicted molar refractivity (Wildman–Crippen MR) is 36.8 cm³/mol. The molecule has 0 saturated heterocycles. The highest BCUT2D eigenvalue weighted by Gasteiger charge is 2.02. The summed E-state index contributed by atoms with van der Waals surface area (Å²) in [5.74, 6) is 0.701. The third-order valence-corrected chi connectivity index (χ3v) is 1.32. The summed E-state index contributed by atoms with van der Waals surface area (Å²) in [6.45, 7) is 0.0723. The van der Waals surface area contributed by atoms with E-state index in [1.807, 2.05) is 0 Å². The number of hydrogen-bond donors (Lipinski definition) is 1. The zero-order valence-electron chi connectivity index (χ0n) is 5.58. The highest BCUT2D eigenvalue weighted by atomic mass is 35.5. The molecule has 56 valence electrons. The van der Waals surface area contributed by atoms with Crippen molar-refractivity contribution in [3.8, 4) is 0 Å². The van der Waals surface area contributed by atoms with Gasteiger partial charge < -0.3 is 5.11 Å². The van der Waals surface area contributed by atoms with Crippen molar-refractivity contribution in [3.05, 3.63) is 11.1 Å². The van der Waals surface area contributed by atoms with E-state index in [-0.39, 0.29) is 11.9 Å². The molecule has 0 aliphatic rings. The van der Waals surface area contributed by atoms with E-state index in [2.05, 4.69) is 10.1 Å². The Morgan fingerprint density at radius 3 is 2.80 bits per heavy atom. The van der Waals surface area contributed by atoms with Crippen molar-refractivity contribution in [1.29, 1.82) is 0 Å². The number of hydrogen-bond acceptors (Lipinski definition) is 3. The van der Waals surface area contributed by atoms with Gasteiger partial charge in [0.05, 0.1) is 6.61 Å². The summed E-state index contributed by atoms with van der Waals surface area (Å²) >= 11 is 5.48. The molecule has 1 rings (SSSR count). The number of nitrogens with zero attached hydrogens (tertiary/aromatic N) is 3. The summed E-state index contributed by atoms with van der Waals surface area (Å²) < 4.78 is 1.55. The average molecular weight is 162 g/mol. The molecule has 0 spiro atoms. The highest BCUT2D eigenvalue weighted by Crippen LogP contribution is 2.01. The van der Waals surface area contributed by atoms with Gasteiger partial charge in [-0.3, -0.25) is 4.68 Å². The number of aryl methyl sites for hydroxylation is 1. The van der Waals surface area contributed by atoms with Gasteiger partial charge in [0.15, 0.2) is 0 Å². The minimum atomic E-state index is 0.0723. The molecule has 0 saturated carbocycles. The Balaban J connectivity index is 2.81. The number of aliphatic hydroxyl groups excluding tert-OH is 1.